The van der Waals surface area contributed by atoms with Crippen LogP contribution in [-0.2, 0) is 0 Å². The summed E-state index contributed by atoms with van der Waals surface area (Å²) in [6.07, 6.45) is -0.740. The molecule has 0 unspecified atom stereocenters. The number of hydrogen-bond donors (Lipinski definition) is 0. The highest BCUT2D eigenvalue weighted by Gasteiger charge is 2.05. The Morgan fingerprint density at radius 2 is 2.44 bits per heavy atom. The van der Waals surface area contributed by atoms with E-state index in [1.54, 1.807) is 13.8 Å². The van der Waals surface area contributed by atoms with Gasteiger partial charge < -0.3 is 4.52 Å². The molecule has 0 bridgehead atoms. The molecule has 1 aromatic rings. The third-order valence-corrected chi connectivity index (χ3v) is 1.14. The zero-order chi connectivity index (χ0) is 7.72. The molecule has 0 aromatic carbocycles. The Balaban J connectivity index is 3.23. The topological polar surface area (TPSA) is 43.1 Å². The van der Waals surface area contributed by atoms with Crippen molar-refractivity contribution in [3.05, 3.63) is 17.0 Å². The summed E-state index contributed by atoms with van der Waals surface area (Å²) in [5, 5.41) is 3.52. The maximum Gasteiger partial charge on any atom is 0.155 e. The number of carbonyl (C=O) groups excluding carboxylic acids is 1. The van der Waals surface area contributed by atoms with E-state index in [1.807, 2.05) is 0 Å². The number of aldehydes is 1. The Labute approximate surface area is 54.1 Å². The maximum atomic E-state index is 10.5. The molecule has 0 spiro atoms. The van der Waals surface area contributed by atoms with E-state index in [0.29, 0.717) is 11.5 Å². The van der Waals surface area contributed by atoms with E-state index in [-0.39, 0.29) is 5.56 Å². The lowest BCUT2D eigenvalue weighted by atomic mass is 10.2. The first-order valence-corrected chi connectivity index (χ1v) is 2.56. The highest BCUT2D eigenvalue weighted by Crippen LogP contribution is 2.07. The normalized spacial score (nSPS) is 11.1. The van der Waals surface area contributed by atoms with Crippen molar-refractivity contribution in [2.45, 2.75) is 13.8 Å². The maximum absolute atomic E-state index is 10.5. The summed E-state index contributed by atoms with van der Waals surface area (Å²) in [4.78, 5) is 10.5. The van der Waals surface area contributed by atoms with Gasteiger partial charge >= 0.3 is 0 Å². The number of hydrogen-bond acceptors (Lipinski definition) is 3. The van der Waals surface area contributed by atoms with Crippen LogP contribution in [0, 0.1) is 13.8 Å². The molecule has 0 aliphatic heterocycles. The van der Waals surface area contributed by atoms with Crippen molar-refractivity contribution in [3.63, 3.8) is 0 Å². The van der Waals surface area contributed by atoms with Gasteiger partial charge in [-0.1, -0.05) is 5.16 Å². The van der Waals surface area contributed by atoms with Crippen molar-refractivity contribution in [2.75, 3.05) is 0 Å². The first kappa shape index (κ1) is 4.73. The smallest absolute Gasteiger partial charge is 0.155 e. The summed E-state index contributed by atoms with van der Waals surface area (Å²) in [6, 6.07) is 0. The molecular weight excluding hydrogens is 118 g/mol. The van der Waals surface area contributed by atoms with E-state index in [9.17, 15) is 4.79 Å². The van der Waals surface area contributed by atoms with Gasteiger partial charge in [-0.3, -0.25) is 4.79 Å². The van der Waals surface area contributed by atoms with Gasteiger partial charge in [-0.05, 0) is 13.8 Å². The van der Waals surface area contributed by atoms with Crippen LogP contribution in [0.15, 0.2) is 4.52 Å². The minimum atomic E-state index is -0.740. The second-order valence-electron chi connectivity index (χ2n) is 1.80. The summed E-state index contributed by atoms with van der Waals surface area (Å²) < 4.78 is 11.4. The molecule has 0 aliphatic carbocycles. The largest absolute Gasteiger partial charge is 0.361 e. The van der Waals surface area contributed by atoms with E-state index >= 15 is 0 Å². The van der Waals surface area contributed by atoms with Crippen LogP contribution < -0.4 is 0 Å². The molecule has 1 rings (SSSR count). The van der Waals surface area contributed by atoms with Crippen molar-refractivity contribution in [1.29, 1.82) is 0 Å². The van der Waals surface area contributed by atoms with Crippen LogP contribution in [0.1, 0.15) is 23.2 Å². The third kappa shape index (κ3) is 0.850. The van der Waals surface area contributed by atoms with E-state index in [0.717, 1.165) is 0 Å². The zero-order valence-electron chi connectivity index (χ0n) is 6.26. The molecule has 0 fully saturated rings. The van der Waals surface area contributed by atoms with Crippen LogP contribution in [0.5, 0.6) is 0 Å². The summed E-state index contributed by atoms with van der Waals surface area (Å²) in [5.41, 5.74) is 0.762. The highest BCUT2D eigenvalue weighted by atomic mass is 16.5. The molecule has 48 valence electrons. The first-order chi connectivity index (χ1) is 4.63. The van der Waals surface area contributed by atoms with Crippen LogP contribution in [0.2, 0.25) is 0 Å². The van der Waals surface area contributed by atoms with Crippen molar-refractivity contribution in [1.82, 2.24) is 5.16 Å². The Kier molecular flexibility index (Phi) is 1.06. The Morgan fingerprint density at radius 1 is 1.78 bits per heavy atom. The predicted octanol–water partition coefficient (Wildman–Crippen LogP) is 1.10. The van der Waals surface area contributed by atoms with Gasteiger partial charge in [0, 0.05) is 0 Å². The Morgan fingerprint density at radius 3 is 2.67 bits per heavy atom. The Bertz CT molecular complexity index is 247. The van der Waals surface area contributed by atoms with E-state index in [1.165, 1.54) is 0 Å². The summed E-state index contributed by atoms with van der Waals surface area (Å²) >= 11 is 0. The van der Waals surface area contributed by atoms with Crippen LogP contribution in [0.25, 0.3) is 0 Å². The fourth-order valence-corrected chi connectivity index (χ4v) is 0.629. The molecule has 1 aromatic heterocycles. The molecule has 3 heteroatoms. The van der Waals surface area contributed by atoms with Crippen molar-refractivity contribution in [3.8, 4) is 0 Å². The zero-order valence-corrected chi connectivity index (χ0v) is 5.26. The van der Waals surface area contributed by atoms with Crippen LogP contribution in [0.3, 0.4) is 0 Å². The van der Waals surface area contributed by atoms with Crippen LogP contribution in [0.4, 0.5) is 0 Å². The van der Waals surface area contributed by atoms with Gasteiger partial charge in [-0.25, -0.2) is 0 Å². The second-order valence-corrected chi connectivity index (χ2v) is 1.80. The Hall–Kier alpha value is -1.12. The standard InChI is InChI=1S/C6H7NO2/c1-4-6(3-8)5(2)9-7-4/h3H,1-2H3/i3D. The molecule has 1 heterocycles. The molecule has 0 saturated carbocycles. The highest BCUT2D eigenvalue weighted by molar-refractivity contribution is 5.77. The molecular formula is C6H7NO2. The molecule has 0 saturated heterocycles. The number of rotatable bonds is 1. The van der Waals surface area contributed by atoms with Crippen molar-refractivity contribution in [2.24, 2.45) is 0 Å². The number of aryl methyl sites for hydroxylation is 2. The van der Waals surface area contributed by atoms with Gasteiger partial charge in [0.1, 0.15) is 7.13 Å². The lowest BCUT2D eigenvalue weighted by Crippen LogP contribution is -1.81. The molecule has 3 nitrogen and oxygen atoms in total. The van der Waals surface area contributed by atoms with Gasteiger partial charge in [0.15, 0.2) is 6.26 Å². The lowest BCUT2D eigenvalue weighted by molar-refractivity contribution is 0.112. The fraction of sp³-hybridized carbons (Fsp3) is 0.333. The number of aromatic nitrogens is 1. The van der Waals surface area contributed by atoms with E-state index in [4.69, 9.17) is 1.37 Å². The summed E-state index contributed by atoms with van der Waals surface area (Å²) in [7, 11) is 0. The second kappa shape index (κ2) is 2.01. The average Bonchev–Trinajstić information content (AvgIpc) is 2.11. The monoisotopic (exact) mass is 126 g/mol. The van der Waals surface area contributed by atoms with Crippen LogP contribution >= 0.6 is 0 Å². The quantitative estimate of drug-likeness (QED) is 0.529. The molecule has 0 radical (unpaired) electrons. The first-order valence-electron chi connectivity index (χ1n) is 3.06. The number of nitrogens with zero attached hydrogens (tertiary/aromatic N) is 1. The van der Waals surface area contributed by atoms with E-state index in [2.05, 4.69) is 9.68 Å². The number of carbonyl (C=O) groups is 1. The molecule has 9 heavy (non-hydrogen) atoms. The SMILES string of the molecule is [2H]C(=O)c1c(C)noc1C. The molecule has 0 aliphatic rings. The van der Waals surface area contributed by atoms with E-state index < -0.39 is 6.26 Å². The van der Waals surface area contributed by atoms with Gasteiger partial charge in [0.25, 0.3) is 0 Å². The summed E-state index contributed by atoms with van der Waals surface area (Å²) in [6.45, 7) is 3.25. The minimum Gasteiger partial charge on any atom is -0.361 e. The minimum absolute atomic E-state index is 0.278. The lowest BCUT2D eigenvalue weighted by Gasteiger charge is -1.79. The van der Waals surface area contributed by atoms with Crippen LogP contribution in [-0.4, -0.2) is 11.4 Å². The van der Waals surface area contributed by atoms with Gasteiger partial charge in [-0.15, -0.1) is 0 Å². The van der Waals surface area contributed by atoms with Gasteiger partial charge in [0.2, 0.25) is 0 Å². The summed E-state index contributed by atoms with van der Waals surface area (Å²) in [5.74, 6) is 0.414. The third-order valence-electron chi connectivity index (χ3n) is 1.14. The molecule has 0 amide bonds. The molecule has 0 atom stereocenters. The van der Waals surface area contributed by atoms with Crippen molar-refractivity contribution < 1.29 is 10.7 Å². The molecule has 0 N–H and O–H groups in total. The average molecular weight is 126 g/mol. The van der Waals surface area contributed by atoms with Crippen molar-refractivity contribution >= 4 is 6.26 Å². The van der Waals surface area contributed by atoms with Gasteiger partial charge in [0.05, 0.1) is 11.3 Å². The fourth-order valence-electron chi connectivity index (χ4n) is 0.629. The van der Waals surface area contributed by atoms with Gasteiger partial charge in [-0.2, -0.15) is 0 Å². The predicted molar refractivity (Wildman–Crippen MR) is 31.4 cm³/mol.